The number of anilines is 4. The second-order valence-electron chi connectivity index (χ2n) is 7.85. The van der Waals surface area contributed by atoms with E-state index in [0.717, 1.165) is 77.1 Å². The first-order valence-electron chi connectivity index (χ1n) is 11.5. The van der Waals surface area contributed by atoms with Crippen LogP contribution in [-0.2, 0) is 4.74 Å². The van der Waals surface area contributed by atoms with E-state index in [-0.39, 0.29) is 0 Å². The number of nitrogens with one attached hydrogen (secondary N) is 2. The Morgan fingerprint density at radius 1 is 1.09 bits per heavy atom. The molecule has 1 fully saturated rings. The molecule has 0 unspecified atom stereocenters. The predicted molar refractivity (Wildman–Crippen MR) is 140 cm³/mol. The van der Waals surface area contributed by atoms with Gasteiger partial charge in [0, 0.05) is 31.4 Å². The highest BCUT2D eigenvalue weighted by atomic mass is 32.1. The number of nitrogens with zero attached hydrogens (tertiary/aromatic N) is 5. The number of rotatable bonds is 8. The molecule has 2 N–H and O–H groups in total. The van der Waals surface area contributed by atoms with Gasteiger partial charge in [-0.3, -0.25) is 0 Å². The fraction of sp³-hybridized carbons (Fsp3) is 0.280. The van der Waals surface area contributed by atoms with Crippen LogP contribution in [0.3, 0.4) is 0 Å². The largest absolute Gasteiger partial charge is 0.497 e. The van der Waals surface area contributed by atoms with Crippen LogP contribution >= 0.6 is 11.3 Å². The van der Waals surface area contributed by atoms with Gasteiger partial charge in [0.1, 0.15) is 11.6 Å². The van der Waals surface area contributed by atoms with E-state index in [0.29, 0.717) is 5.95 Å². The Morgan fingerprint density at radius 3 is 2.74 bits per heavy atom. The summed E-state index contributed by atoms with van der Waals surface area (Å²) in [6, 6.07) is 13.8. The standard InChI is InChI=1S/C25H27N7O2S/c1-3-26-25-31-22(17-5-4-6-19(15-17)33-2)23(35-25)20-9-10-27-24(30-20)29-18-7-8-21(28-16-18)32-11-13-34-14-12-32/h4-10,15-16H,3,11-14H2,1-2H3,(H,26,31)(H,27,29,30). The van der Waals surface area contributed by atoms with E-state index in [1.54, 1.807) is 30.8 Å². The van der Waals surface area contributed by atoms with Crippen LogP contribution in [0.2, 0.25) is 0 Å². The lowest BCUT2D eigenvalue weighted by molar-refractivity contribution is 0.122. The molecule has 1 aliphatic heterocycles. The van der Waals surface area contributed by atoms with Crippen LogP contribution < -0.4 is 20.3 Å². The van der Waals surface area contributed by atoms with Crippen LogP contribution in [0.1, 0.15) is 6.92 Å². The summed E-state index contributed by atoms with van der Waals surface area (Å²) in [5.74, 6) is 2.22. The quantitative estimate of drug-likeness (QED) is 0.365. The molecule has 0 atom stereocenters. The van der Waals surface area contributed by atoms with Crippen molar-refractivity contribution in [2.75, 3.05) is 55.5 Å². The first-order chi connectivity index (χ1) is 17.2. The van der Waals surface area contributed by atoms with Gasteiger partial charge in [0.2, 0.25) is 5.95 Å². The van der Waals surface area contributed by atoms with Crippen molar-refractivity contribution in [2.45, 2.75) is 6.92 Å². The maximum Gasteiger partial charge on any atom is 0.227 e. The zero-order chi connectivity index (χ0) is 24.0. The molecular formula is C25H27N7O2S. The number of ether oxygens (including phenoxy) is 2. The Bertz CT molecular complexity index is 1270. The molecule has 1 aromatic carbocycles. The van der Waals surface area contributed by atoms with Crippen LogP contribution in [0, 0.1) is 0 Å². The highest BCUT2D eigenvalue weighted by molar-refractivity contribution is 7.19. The number of thiazole rings is 1. The number of pyridine rings is 1. The smallest absolute Gasteiger partial charge is 0.227 e. The molecule has 0 bridgehead atoms. The summed E-state index contributed by atoms with van der Waals surface area (Å²) in [7, 11) is 1.66. The third-order valence-electron chi connectivity index (χ3n) is 5.53. The molecule has 180 valence electrons. The van der Waals surface area contributed by atoms with Crippen LogP contribution in [0.25, 0.3) is 21.8 Å². The zero-order valence-corrected chi connectivity index (χ0v) is 20.5. The molecule has 10 heteroatoms. The van der Waals surface area contributed by atoms with E-state index in [2.05, 4.69) is 32.4 Å². The fourth-order valence-electron chi connectivity index (χ4n) is 3.80. The van der Waals surface area contributed by atoms with Crippen LogP contribution in [-0.4, -0.2) is 59.9 Å². The van der Waals surface area contributed by atoms with Gasteiger partial charge in [-0.15, -0.1) is 0 Å². The monoisotopic (exact) mass is 489 g/mol. The van der Waals surface area contributed by atoms with E-state index in [1.165, 1.54) is 0 Å². The Morgan fingerprint density at radius 2 is 1.97 bits per heavy atom. The molecule has 0 radical (unpaired) electrons. The van der Waals surface area contributed by atoms with E-state index < -0.39 is 0 Å². The average molecular weight is 490 g/mol. The normalized spacial score (nSPS) is 13.5. The molecule has 35 heavy (non-hydrogen) atoms. The lowest BCUT2D eigenvalue weighted by Crippen LogP contribution is -2.36. The molecule has 0 saturated carbocycles. The van der Waals surface area contributed by atoms with Gasteiger partial charge in [0.25, 0.3) is 0 Å². The highest BCUT2D eigenvalue weighted by Crippen LogP contribution is 2.39. The minimum atomic E-state index is 0.499. The van der Waals surface area contributed by atoms with Gasteiger partial charge in [0.05, 0.1) is 48.5 Å². The zero-order valence-electron chi connectivity index (χ0n) is 19.7. The lowest BCUT2D eigenvalue weighted by Gasteiger charge is -2.27. The predicted octanol–water partition coefficient (Wildman–Crippen LogP) is 4.68. The summed E-state index contributed by atoms with van der Waals surface area (Å²) in [5.41, 5.74) is 3.44. The first-order valence-corrected chi connectivity index (χ1v) is 12.3. The fourth-order valence-corrected chi connectivity index (χ4v) is 4.83. The van der Waals surface area contributed by atoms with Crippen molar-refractivity contribution in [3.05, 3.63) is 54.9 Å². The molecule has 9 nitrogen and oxygen atoms in total. The number of benzene rings is 1. The maximum atomic E-state index is 5.42. The lowest BCUT2D eigenvalue weighted by atomic mass is 10.1. The summed E-state index contributed by atoms with van der Waals surface area (Å²) in [5, 5.41) is 7.44. The number of aromatic nitrogens is 4. The van der Waals surface area contributed by atoms with Gasteiger partial charge < -0.3 is 25.0 Å². The van der Waals surface area contributed by atoms with Crippen molar-refractivity contribution < 1.29 is 9.47 Å². The van der Waals surface area contributed by atoms with Gasteiger partial charge >= 0.3 is 0 Å². The van der Waals surface area contributed by atoms with E-state index in [4.69, 9.17) is 19.4 Å². The second-order valence-corrected chi connectivity index (χ2v) is 8.85. The van der Waals surface area contributed by atoms with Crippen molar-refractivity contribution in [3.63, 3.8) is 0 Å². The Balaban J connectivity index is 1.41. The van der Waals surface area contributed by atoms with E-state index in [1.807, 2.05) is 42.5 Å². The van der Waals surface area contributed by atoms with Crippen molar-refractivity contribution >= 4 is 33.9 Å². The van der Waals surface area contributed by atoms with Crippen LogP contribution in [0.5, 0.6) is 5.75 Å². The number of methoxy groups -OCH3 is 1. The SMILES string of the molecule is CCNc1nc(-c2cccc(OC)c2)c(-c2ccnc(Nc3ccc(N4CCOCC4)nc3)n2)s1. The van der Waals surface area contributed by atoms with Crippen molar-refractivity contribution in [3.8, 4) is 27.6 Å². The van der Waals surface area contributed by atoms with Crippen molar-refractivity contribution in [1.29, 1.82) is 0 Å². The Labute approximate surface area is 208 Å². The summed E-state index contributed by atoms with van der Waals surface area (Å²) >= 11 is 1.57. The topological polar surface area (TPSA) is 97.3 Å². The molecule has 0 spiro atoms. The third kappa shape index (κ3) is 5.33. The van der Waals surface area contributed by atoms with Gasteiger partial charge in [-0.1, -0.05) is 23.5 Å². The maximum absolute atomic E-state index is 5.42. The van der Waals surface area contributed by atoms with Gasteiger partial charge in [-0.25, -0.2) is 19.9 Å². The second kappa shape index (κ2) is 10.7. The minimum Gasteiger partial charge on any atom is -0.497 e. The van der Waals surface area contributed by atoms with Crippen LogP contribution in [0.4, 0.5) is 22.6 Å². The van der Waals surface area contributed by atoms with Crippen molar-refractivity contribution in [2.24, 2.45) is 0 Å². The molecule has 0 aliphatic carbocycles. The van der Waals surface area contributed by atoms with E-state index in [9.17, 15) is 0 Å². The summed E-state index contributed by atoms with van der Waals surface area (Å²) in [4.78, 5) is 21.8. The molecule has 1 saturated heterocycles. The number of morpholine rings is 1. The third-order valence-corrected chi connectivity index (χ3v) is 6.56. The molecular weight excluding hydrogens is 462 g/mol. The molecule has 3 aromatic heterocycles. The van der Waals surface area contributed by atoms with Gasteiger partial charge in [0.15, 0.2) is 5.13 Å². The van der Waals surface area contributed by atoms with Crippen LogP contribution in [0.15, 0.2) is 54.9 Å². The Kier molecular flexibility index (Phi) is 7.01. The Hall–Kier alpha value is -3.76. The molecule has 4 aromatic rings. The van der Waals surface area contributed by atoms with E-state index >= 15 is 0 Å². The van der Waals surface area contributed by atoms with Gasteiger partial charge in [-0.05, 0) is 37.3 Å². The highest BCUT2D eigenvalue weighted by Gasteiger charge is 2.18. The van der Waals surface area contributed by atoms with Gasteiger partial charge in [-0.2, -0.15) is 0 Å². The minimum absolute atomic E-state index is 0.499. The first kappa shape index (κ1) is 23.0. The molecule has 1 aliphatic rings. The number of hydrogen-bond acceptors (Lipinski definition) is 10. The van der Waals surface area contributed by atoms with Crippen molar-refractivity contribution in [1.82, 2.24) is 19.9 Å². The average Bonchev–Trinajstić information content (AvgIpc) is 3.34. The summed E-state index contributed by atoms with van der Waals surface area (Å²) in [6.07, 6.45) is 3.56. The summed E-state index contributed by atoms with van der Waals surface area (Å²) < 4.78 is 10.8. The summed E-state index contributed by atoms with van der Waals surface area (Å²) in [6.45, 7) is 6.00. The molecule has 0 amide bonds. The number of hydrogen-bond donors (Lipinski definition) is 2. The molecule has 5 rings (SSSR count). The molecule has 4 heterocycles.